The fraction of sp³-hybridized carbons (Fsp3) is 0. The highest BCUT2D eigenvalue weighted by Crippen LogP contribution is 2.23. The van der Waals surface area contributed by atoms with E-state index in [0.717, 1.165) is 0 Å². The quantitative estimate of drug-likeness (QED) is 0.664. The number of hydrogen-bond acceptors (Lipinski definition) is 4. The van der Waals surface area contributed by atoms with Crippen LogP contribution in [0.3, 0.4) is 0 Å². The highest BCUT2D eigenvalue weighted by molar-refractivity contribution is 6.33. The molecule has 0 radical (unpaired) electrons. The summed E-state index contributed by atoms with van der Waals surface area (Å²) >= 11 is 5.73. The number of nitrogens with one attached hydrogen (secondary N) is 1. The lowest BCUT2D eigenvalue weighted by Crippen LogP contribution is -2.14. The molecule has 0 spiro atoms. The predicted molar refractivity (Wildman–Crippen MR) is 79.5 cm³/mol. The van der Waals surface area contributed by atoms with E-state index < -0.39 is 16.8 Å². The van der Waals surface area contributed by atoms with Gasteiger partial charge in [0, 0.05) is 11.8 Å². The van der Waals surface area contributed by atoms with Crippen molar-refractivity contribution in [1.82, 2.24) is 0 Å². The summed E-state index contributed by atoms with van der Waals surface area (Å²) in [5.74, 6) is -1.96. The second kappa shape index (κ2) is 6.23. The maximum Gasteiger partial charge on any atom is 0.337 e. The number of carboxylic acid groups (broad SMARTS) is 1. The van der Waals surface area contributed by atoms with Crippen molar-refractivity contribution in [2.75, 3.05) is 5.32 Å². The maximum absolute atomic E-state index is 12.1. The van der Waals surface area contributed by atoms with Crippen molar-refractivity contribution in [3.05, 3.63) is 68.7 Å². The first-order valence-electron chi connectivity index (χ1n) is 5.97. The Hall–Kier alpha value is -2.93. The summed E-state index contributed by atoms with van der Waals surface area (Å²) < 4.78 is 0. The SMILES string of the molecule is O=C(O)c1cc(NC(=O)c2ccccc2[N+](=O)[O-])ccc1Cl. The minimum atomic E-state index is -1.24. The van der Waals surface area contributed by atoms with E-state index in [2.05, 4.69) is 5.32 Å². The van der Waals surface area contributed by atoms with Gasteiger partial charge in [-0.15, -0.1) is 0 Å². The summed E-state index contributed by atoms with van der Waals surface area (Å²) in [6, 6.07) is 9.35. The number of nitrogens with zero attached hydrogens (tertiary/aromatic N) is 1. The first-order valence-corrected chi connectivity index (χ1v) is 6.35. The Labute approximate surface area is 129 Å². The van der Waals surface area contributed by atoms with E-state index in [1.165, 1.54) is 42.5 Å². The first kappa shape index (κ1) is 15.5. The molecule has 0 fully saturated rings. The predicted octanol–water partition coefficient (Wildman–Crippen LogP) is 3.20. The molecule has 22 heavy (non-hydrogen) atoms. The van der Waals surface area contributed by atoms with Gasteiger partial charge < -0.3 is 10.4 Å². The minimum absolute atomic E-state index is 0.0243. The molecule has 0 aliphatic heterocycles. The van der Waals surface area contributed by atoms with Gasteiger partial charge in [0.15, 0.2) is 0 Å². The van der Waals surface area contributed by atoms with Gasteiger partial charge in [-0.1, -0.05) is 23.7 Å². The summed E-state index contributed by atoms with van der Waals surface area (Å²) in [5.41, 5.74) is -0.473. The van der Waals surface area contributed by atoms with Crippen LogP contribution in [0, 0.1) is 10.1 Å². The van der Waals surface area contributed by atoms with Crippen LogP contribution in [0.15, 0.2) is 42.5 Å². The monoisotopic (exact) mass is 320 g/mol. The number of halogens is 1. The number of anilines is 1. The molecular formula is C14H9ClN2O5. The van der Waals surface area contributed by atoms with Crippen molar-refractivity contribution in [3.63, 3.8) is 0 Å². The van der Waals surface area contributed by atoms with Crippen molar-refractivity contribution in [1.29, 1.82) is 0 Å². The van der Waals surface area contributed by atoms with Gasteiger partial charge in [-0.05, 0) is 24.3 Å². The summed E-state index contributed by atoms with van der Waals surface area (Å²) in [6.45, 7) is 0. The molecule has 2 N–H and O–H groups in total. The second-order valence-electron chi connectivity index (χ2n) is 4.23. The van der Waals surface area contributed by atoms with E-state index in [4.69, 9.17) is 16.7 Å². The van der Waals surface area contributed by atoms with Crippen LogP contribution in [0.1, 0.15) is 20.7 Å². The summed E-state index contributed by atoms with van der Waals surface area (Å²) in [7, 11) is 0. The van der Waals surface area contributed by atoms with Crippen LogP contribution in [0.25, 0.3) is 0 Å². The van der Waals surface area contributed by atoms with E-state index in [0.29, 0.717) is 0 Å². The number of carboxylic acids is 1. The Kier molecular flexibility index (Phi) is 4.38. The maximum atomic E-state index is 12.1. The number of hydrogen-bond donors (Lipinski definition) is 2. The molecule has 8 heteroatoms. The second-order valence-corrected chi connectivity index (χ2v) is 4.64. The molecule has 2 rings (SSSR count). The molecule has 2 aromatic carbocycles. The van der Waals surface area contributed by atoms with Crippen LogP contribution in [0.4, 0.5) is 11.4 Å². The first-order chi connectivity index (χ1) is 10.4. The molecule has 0 saturated carbocycles. The van der Waals surface area contributed by atoms with Crippen molar-refractivity contribution in [2.45, 2.75) is 0 Å². The van der Waals surface area contributed by atoms with E-state index in [1.54, 1.807) is 0 Å². The Morgan fingerprint density at radius 1 is 1.14 bits per heavy atom. The number of rotatable bonds is 4. The van der Waals surface area contributed by atoms with Gasteiger partial charge in [0.1, 0.15) is 5.56 Å². The van der Waals surface area contributed by atoms with Crippen LogP contribution in [0.5, 0.6) is 0 Å². The van der Waals surface area contributed by atoms with Crippen molar-refractivity contribution < 1.29 is 19.6 Å². The van der Waals surface area contributed by atoms with Gasteiger partial charge in [0.2, 0.25) is 0 Å². The zero-order valence-corrected chi connectivity index (χ0v) is 11.7. The number of carbonyl (C=O) groups excluding carboxylic acids is 1. The van der Waals surface area contributed by atoms with Gasteiger partial charge in [-0.25, -0.2) is 4.79 Å². The molecule has 0 aliphatic rings. The molecule has 1 amide bonds. The van der Waals surface area contributed by atoms with Crippen LogP contribution in [0.2, 0.25) is 5.02 Å². The average molecular weight is 321 g/mol. The highest BCUT2D eigenvalue weighted by Gasteiger charge is 2.19. The molecule has 0 atom stereocenters. The standard InChI is InChI=1S/C14H9ClN2O5/c15-11-6-5-8(7-10(11)14(19)20)16-13(18)9-3-1-2-4-12(9)17(21)22/h1-7H,(H,16,18)(H,19,20). The smallest absolute Gasteiger partial charge is 0.337 e. The summed E-state index contributed by atoms with van der Waals surface area (Å²) in [6.07, 6.45) is 0. The summed E-state index contributed by atoms with van der Waals surface area (Å²) in [5, 5.41) is 22.3. The van der Waals surface area contributed by atoms with Crippen LogP contribution < -0.4 is 5.32 Å². The lowest BCUT2D eigenvalue weighted by atomic mass is 10.1. The lowest BCUT2D eigenvalue weighted by Gasteiger charge is -2.07. The summed E-state index contributed by atoms with van der Waals surface area (Å²) in [4.78, 5) is 33.3. The van der Waals surface area contributed by atoms with Gasteiger partial charge in [-0.3, -0.25) is 14.9 Å². The zero-order valence-electron chi connectivity index (χ0n) is 10.9. The molecule has 0 saturated heterocycles. The van der Waals surface area contributed by atoms with E-state index in [-0.39, 0.29) is 27.5 Å². The molecule has 0 bridgehead atoms. The highest BCUT2D eigenvalue weighted by atomic mass is 35.5. The molecule has 0 unspecified atom stereocenters. The van der Waals surface area contributed by atoms with Crippen molar-refractivity contribution in [2.24, 2.45) is 0 Å². The number of para-hydroxylation sites is 1. The third-order valence-corrected chi connectivity index (χ3v) is 3.13. The van der Waals surface area contributed by atoms with Crippen LogP contribution >= 0.6 is 11.6 Å². The average Bonchev–Trinajstić information content (AvgIpc) is 2.48. The van der Waals surface area contributed by atoms with Gasteiger partial charge >= 0.3 is 5.97 Å². The third-order valence-electron chi connectivity index (χ3n) is 2.80. The molecule has 7 nitrogen and oxygen atoms in total. The Bertz CT molecular complexity index is 776. The van der Waals surface area contributed by atoms with E-state index in [9.17, 15) is 19.7 Å². The zero-order chi connectivity index (χ0) is 16.3. The van der Waals surface area contributed by atoms with Crippen molar-refractivity contribution >= 4 is 34.9 Å². The fourth-order valence-corrected chi connectivity index (χ4v) is 1.99. The molecule has 2 aromatic rings. The Balaban J connectivity index is 2.32. The largest absolute Gasteiger partial charge is 0.478 e. The van der Waals surface area contributed by atoms with Crippen LogP contribution in [-0.4, -0.2) is 21.9 Å². The molecule has 112 valence electrons. The number of aromatic carboxylic acids is 1. The third kappa shape index (κ3) is 3.21. The molecule has 0 aliphatic carbocycles. The minimum Gasteiger partial charge on any atom is -0.478 e. The van der Waals surface area contributed by atoms with Crippen molar-refractivity contribution in [3.8, 4) is 0 Å². The van der Waals surface area contributed by atoms with Crippen LogP contribution in [-0.2, 0) is 0 Å². The van der Waals surface area contributed by atoms with Gasteiger partial charge in [-0.2, -0.15) is 0 Å². The number of nitro benzene ring substituents is 1. The molecular weight excluding hydrogens is 312 g/mol. The normalized spacial score (nSPS) is 10.0. The van der Waals surface area contributed by atoms with E-state index >= 15 is 0 Å². The topological polar surface area (TPSA) is 110 Å². The number of benzene rings is 2. The number of nitro groups is 1. The Morgan fingerprint density at radius 2 is 1.82 bits per heavy atom. The fourth-order valence-electron chi connectivity index (χ4n) is 1.79. The molecule has 0 aromatic heterocycles. The van der Waals surface area contributed by atoms with E-state index in [1.807, 2.05) is 0 Å². The lowest BCUT2D eigenvalue weighted by molar-refractivity contribution is -0.385. The number of amides is 1. The van der Waals surface area contributed by atoms with Gasteiger partial charge in [0.25, 0.3) is 11.6 Å². The Morgan fingerprint density at radius 3 is 2.45 bits per heavy atom. The number of carbonyl (C=O) groups is 2. The van der Waals surface area contributed by atoms with Gasteiger partial charge in [0.05, 0.1) is 15.5 Å². The molecule has 0 heterocycles.